The average molecular weight is 358 g/mol. The van der Waals surface area contributed by atoms with Crippen LogP contribution in [0.4, 0.5) is 0 Å². The Morgan fingerprint density at radius 2 is 1.40 bits per heavy atom. The topological polar surface area (TPSA) is 64.6 Å². The van der Waals surface area contributed by atoms with E-state index in [1.807, 2.05) is 37.3 Å². The molecule has 7 heteroatoms. The molecule has 7 nitrogen and oxygen atoms in total. The Kier molecular flexibility index (Phi) is 12.4. The van der Waals surface area contributed by atoms with Crippen molar-refractivity contribution < 1.29 is 33.2 Å². The number of rotatable bonds is 15. The van der Waals surface area contributed by atoms with Crippen LogP contribution in [0.2, 0.25) is 0 Å². The Hall–Kier alpha value is -1.06. The molecule has 0 aliphatic carbocycles. The lowest BCUT2D eigenvalue weighted by molar-refractivity contribution is -0.213. The van der Waals surface area contributed by atoms with Gasteiger partial charge in [-0.15, -0.1) is 0 Å². The summed E-state index contributed by atoms with van der Waals surface area (Å²) in [6.45, 7) is 3.11. The molecular weight excluding hydrogens is 328 g/mol. The number of hydrogen-bond acceptors (Lipinski definition) is 7. The third-order valence-electron chi connectivity index (χ3n) is 3.45. The fourth-order valence-electron chi connectivity index (χ4n) is 2.22. The normalized spacial score (nSPS) is 15.0. The van der Waals surface area contributed by atoms with Crippen molar-refractivity contribution in [2.45, 2.75) is 31.8 Å². The molecule has 1 aromatic rings. The highest BCUT2D eigenvalue weighted by Gasteiger charge is 2.30. The number of methoxy groups -OCH3 is 3. The molecule has 0 heterocycles. The largest absolute Gasteiger partial charge is 0.374 e. The molecule has 1 rings (SSSR count). The van der Waals surface area contributed by atoms with Crippen molar-refractivity contribution in [1.29, 1.82) is 0 Å². The van der Waals surface area contributed by atoms with E-state index in [1.165, 1.54) is 0 Å². The Bertz CT molecular complexity index is 415. The quantitative estimate of drug-likeness (QED) is 0.445. The maximum atomic E-state index is 5.81. The zero-order chi connectivity index (χ0) is 18.3. The second-order valence-electron chi connectivity index (χ2n) is 5.43. The van der Waals surface area contributed by atoms with Crippen LogP contribution in [0.3, 0.4) is 0 Å². The van der Waals surface area contributed by atoms with Crippen LogP contribution < -0.4 is 0 Å². The highest BCUT2D eigenvalue weighted by Crippen LogP contribution is 2.14. The first-order valence-corrected chi connectivity index (χ1v) is 8.16. The van der Waals surface area contributed by atoms with Crippen molar-refractivity contribution in [2.24, 2.45) is 0 Å². The third-order valence-corrected chi connectivity index (χ3v) is 3.45. The Balaban J connectivity index is 2.64. The van der Waals surface area contributed by atoms with Gasteiger partial charge in [0.05, 0.1) is 19.3 Å². The summed E-state index contributed by atoms with van der Waals surface area (Å²) in [6, 6.07) is 9.94. The van der Waals surface area contributed by atoms with Gasteiger partial charge in [0.2, 0.25) is 0 Å². The summed E-state index contributed by atoms with van der Waals surface area (Å²) in [5.74, 6) is 0. The van der Waals surface area contributed by atoms with Gasteiger partial charge < -0.3 is 33.2 Å². The number of ether oxygens (including phenoxy) is 7. The molecular formula is C18H30O7. The minimum atomic E-state index is -0.402. The van der Waals surface area contributed by atoms with Crippen LogP contribution in [0.5, 0.6) is 0 Å². The van der Waals surface area contributed by atoms with Gasteiger partial charge in [-0.1, -0.05) is 30.3 Å². The van der Waals surface area contributed by atoms with Crippen LogP contribution in [-0.4, -0.2) is 66.6 Å². The Labute approximate surface area is 150 Å². The lowest BCUT2D eigenvalue weighted by Gasteiger charge is -2.31. The van der Waals surface area contributed by atoms with Gasteiger partial charge in [-0.2, -0.15) is 0 Å². The van der Waals surface area contributed by atoms with Crippen molar-refractivity contribution >= 4 is 0 Å². The molecule has 25 heavy (non-hydrogen) atoms. The highest BCUT2D eigenvalue weighted by molar-refractivity contribution is 5.13. The molecule has 3 atom stereocenters. The Morgan fingerprint density at radius 3 is 2.04 bits per heavy atom. The molecule has 0 radical (unpaired) electrons. The van der Waals surface area contributed by atoms with Crippen molar-refractivity contribution in [3.05, 3.63) is 35.9 Å². The van der Waals surface area contributed by atoms with Crippen LogP contribution in [0.1, 0.15) is 12.5 Å². The van der Waals surface area contributed by atoms with Gasteiger partial charge in [-0.25, -0.2) is 0 Å². The number of hydrogen-bond donors (Lipinski definition) is 0. The third kappa shape index (κ3) is 9.27. The predicted molar refractivity (Wildman–Crippen MR) is 92.0 cm³/mol. The molecule has 0 fully saturated rings. The summed E-state index contributed by atoms with van der Waals surface area (Å²) >= 11 is 0. The van der Waals surface area contributed by atoms with E-state index in [2.05, 4.69) is 0 Å². The number of benzene rings is 1. The SMILES string of the molecule is COCO[C@@H]([C@H](C)OCOC)[C@H](COCc1ccccc1)OCOC. The van der Waals surface area contributed by atoms with Crippen LogP contribution in [0.25, 0.3) is 0 Å². The second kappa shape index (κ2) is 14.1. The molecule has 0 N–H and O–H groups in total. The van der Waals surface area contributed by atoms with Gasteiger partial charge in [-0.05, 0) is 12.5 Å². The molecule has 144 valence electrons. The van der Waals surface area contributed by atoms with Crippen molar-refractivity contribution in [3.63, 3.8) is 0 Å². The van der Waals surface area contributed by atoms with E-state index in [9.17, 15) is 0 Å². The first-order chi connectivity index (χ1) is 12.2. The first-order valence-electron chi connectivity index (χ1n) is 8.16. The maximum Gasteiger partial charge on any atom is 0.146 e. The minimum absolute atomic E-state index is 0.122. The second-order valence-corrected chi connectivity index (χ2v) is 5.43. The molecule has 0 aliphatic rings. The van der Waals surface area contributed by atoms with Crippen molar-refractivity contribution in [1.82, 2.24) is 0 Å². The molecule has 0 saturated heterocycles. The van der Waals surface area contributed by atoms with Crippen LogP contribution in [-0.2, 0) is 39.8 Å². The lowest BCUT2D eigenvalue weighted by Crippen LogP contribution is -2.44. The molecule has 0 saturated carbocycles. The maximum absolute atomic E-state index is 5.81. The van der Waals surface area contributed by atoms with Crippen molar-refractivity contribution in [3.8, 4) is 0 Å². The Morgan fingerprint density at radius 1 is 0.800 bits per heavy atom. The van der Waals surface area contributed by atoms with Crippen LogP contribution in [0.15, 0.2) is 30.3 Å². The molecule has 0 bridgehead atoms. The summed E-state index contributed by atoms with van der Waals surface area (Å²) in [5, 5.41) is 0. The van der Waals surface area contributed by atoms with Gasteiger partial charge in [-0.3, -0.25) is 0 Å². The summed E-state index contributed by atoms with van der Waals surface area (Å²) in [6.07, 6.45) is -1.07. The predicted octanol–water partition coefficient (Wildman–Crippen LogP) is 2.19. The molecule has 0 aromatic heterocycles. The van der Waals surface area contributed by atoms with Crippen molar-refractivity contribution in [2.75, 3.05) is 48.3 Å². The average Bonchev–Trinajstić information content (AvgIpc) is 2.64. The highest BCUT2D eigenvalue weighted by atomic mass is 16.7. The smallest absolute Gasteiger partial charge is 0.146 e. The van der Waals surface area contributed by atoms with E-state index in [-0.39, 0.29) is 32.6 Å². The zero-order valence-corrected chi connectivity index (χ0v) is 15.5. The zero-order valence-electron chi connectivity index (χ0n) is 15.5. The van der Waals surface area contributed by atoms with E-state index >= 15 is 0 Å². The van der Waals surface area contributed by atoms with Gasteiger partial charge in [0.15, 0.2) is 0 Å². The van der Waals surface area contributed by atoms with Gasteiger partial charge >= 0.3 is 0 Å². The monoisotopic (exact) mass is 358 g/mol. The fourth-order valence-corrected chi connectivity index (χ4v) is 2.22. The van der Waals surface area contributed by atoms with Gasteiger partial charge in [0.1, 0.15) is 32.6 Å². The van der Waals surface area contributed by atoms with Gasteiger partial charge in [0, 0.05) is 21.3 Å². The van der Waals surface area contributed by atoms with E-state index in [0.29, 0.717) is 13.2 Å². The molecule has 0 spiro atoms. The summed E-state index contributed by atoms with van der Waals surface area (Å²) in [4.78, 5) is 0. The molecule has 1 aromatic carbocycles. The fraction of sp³-hybridized carbons (Fsp3) is 0.667. The van der Waals surface area contributed by atoms with Crippen LogP contribution in [0, 0.1) is 0 Å². The molecule has 0 aliphatic heterocycles. The lowest BCUT2D eigenvalue weighted by atomic mass is 10.1. The first kappa shape index (κ1) is 22.0. The minimum Gasteiger partial charge on any atom is -0.374 e. The standard InChI is InChI=1S/C18H30O7/c1-15(23-12-19-2)18(25-14-21-4)17(24-13-20-3)11-22-10-16-8-6-5-7-9-16/h5-9,15,17-18H,10-14H2,1-4H3/t15-,17-,18-/m0/s1. The van der Waals surface area contributed by atoms with Crippen LogP contribution >= 0.6 is 0 Å². The summed E-state index contributed by atoms with van der Waals surface area (Å²) in [5.41, 5.74) is 1.09. The molecule has 0 unspecified atom stereocenters. The van der Waals surface area contributed by atoms with Gasteiger partial charge in [0.25, 0.3) is 0 Å². The summed E-state index contributed by atoms with van der Waals surface area (Å²) in [7, 11) is 4.70. The molecule has 0 amide bonds. The van der Waals surface area contributed by atoms with E-state index in [1.54, 1.807) is 21.3 Å². The van der Waals surface area contributed by atoms with E-state index in [0.717, 1.165) is 5.56 Å². The summed E-state index contributed by atoms with van der Waals surface area (Å²) < 4.78 is 37.9. The van der Waals surface area contributed by atoms with E-state index in [4.69, 9.17) is 33.2 Å². The van der Waals surface area contributed by atoms with E-state index < -0.39 is 6.10 Å².